The van der Waals surface area contributed by atoms with E-state index in [0.717, 1.165) is 18.1 Å². The van der Waals surface area contributed by atoms with Crippen LogP contribution >= 0.6 is 0 Å². The molecule has 3 N–H and O–H groups in total. The molecule has 2 aromatic carbocycles. The molecule has 0 aliphatic carbocycles. The van der Waals surface area contributed by atoms with Crippen molar-refractivity contribution < 1.29 is 29.6 Å². The van der Waals surface area contributed by atoms with Gasteiger partial charge < -0.3 is 20.1 Å². The number of carboxylic acid groups (broad SMARTS) is 2. The fraction of sp³-hybridized carbons (Fsp3) is 0.158. The maximum Gasteiger partial charge on any atom is 0.335 e. The minimum absolute atomic E-state index is 0.0278. The minimum Gasteiger partial charge on any atom is -0.504 e. The molecule has 0 atom stereocenters. The highest BCUT2D eigenvalue weighted by Gasteiger charge is 2.01. The number of rotatable bonds is 5. The van der Waals surface area contributed by atoms with Gasteiger partial charge in [0.15, 0.2) is 11.5 Å². The number of ether oxygens (including phenoxy) is 1. The summed E-state index contributed by atoms with van der Waals surface area (Å²) in [5.74, 6) is -1.54. The topological polar surface area (TPSA) is 104 Å². The third-order valence-electron chi connectivity index (χ3n) is 3.23. The number of benzene rings is 2. The van der Waals surface area contributed by atoms with E-state index in [0.29, 0.717) is 16.9 Å². The Bertz CT molecular complexity index is 747. The molecular formula is C19H20O6. The van der Waals surface area contributed by atoms with E-state index in [4.69, 9.17) is 14.9 Å². The van der Waals surface area contributed by atoms with E-state index in [1.54, 1.807) is 24.3 Å². The zero-order chi connectivity index (χ0) is 18.8. The molecular weight excluding hydrogens is 324 g/mol. The number of phenolic OH excluding ortho intramolecular Hbond substituents is 1. The monoisotopic (exact) mass is 344 g/mol. The summed E-state index contributed by atoms with van der Waals surface area (Å²) in [6.45, 7) is 2.04. The fourth-order valence-corrected chi connectivity index (χ4v) is 1.85. The van der Waals surface area contributed by atoms with Gasteiger partial charge in [0.1, 0.15) is 0 Å². The Labute approximate surface area is 145 Å². The van der Waals surface area contributed by atoms with Gasteiger partial charge in [0.2, 0.25) is 0 Å². The molecule has 0 fully saturated rings. The fourth-order valence-electron chi connectivity index (χ4n) is 1.85. The summed E-state index contributed by atoms with van der Waals surface area (Å²) in [6, 6.07) is 11.5. The maximum absolute atomic E-state index is 10.4. The van der Waals surface area contributed by atoms with Crippen molar-refractivity contribution in [1.82, 2.24) is 0 Å². The van der Waals surface area contributed by atoms with Gasteiger partial charge in [-0.1, -0.05) is 25.1 Å². The second-order valence-electron chi connectivity index (χ2n) is 4.96. The highest BCUT2D eigenvalue weighted by Crippen LogP contribution is 2.26. The number of hydrogen-bond acceptors (Lipinski definition) is 4. The number of phenols is 1. The van der Waals surface area contributed by atoms with Crippen LogP contribution in [0.4, 0.5) is 0 Å². The Morgan fingerprint density at radius 3 is 2.20 bits per heavy atom. The van der Waals surface area contributed by atoms with Crippen molar-refractivity contribution in [2.45, 2.75) is 13.3 Å². The number of aromatic hydroxyl groups is 1. The third-order valence-corrected chi connectivity index (χ3v) is 3.23. The summed E-state index contributed by atoms with van der Waals surface area (Å²) in [5.41, 5.74) is 2.17. The number of aliphatic carboxylic acids is 1. The standard InChI is InChI=1S/C10H10O4.C9H10O2/c1-14-9-6-7(2-4-8(9)11)3-5-10(12)13;1-2-7-3-5-8(6-4-7)9(10)11/h2-6,11H,1H3,(H,12,13);3-6H,2H2,1H3,(H,10,11). The molecule has 0 aromatic heterocycles. The highest BCUT2D eigenvalue weighted by atomic mass is 16.5. The Kier molecular flexibility index (Phi) is 7.72. The van der Waals surface area contributed by atoms with Gasteiger partial charge in [-0.15, -0.1) is 0 Å². The number of hydrogen-bond donors (Lipinski definition) is 3. The van der Waals surface area contributed by atoms with Gasteiger partial charge in [-0.3, -0.25) is 0 Å². The Hall–Kier alpha value is -3.28. The maximum atomic E-state index is 10.4. The largest absolute Gasteiger partial charge is 0.504 e. The lowest BCUT2D eigenvalue weighted by molar-refractivity contribution is -0.131. The van der Waals surface area contributed by atoms with Crippen molar-refractivity contribution in [1.29, 1.82) is 0 Å². The summed E-state index contributed by atoms with van der Waals surface area (Å²) >= 11 is 0. The van der Waals surface area contributed by atoms with Crippen LogP contribution in [0.25, 0.3) is 6.08 Å². The van der Waals surface area contributed by atoms with Crippen LogP contribution in [0.5, 0.6) is 11.5 Å². The van der Waals surface area contributed by atoms with Crippen molar-refractivity contribution in [2.75, 3.05) is 7.11 Å². The molecule has 25 heavy (non-hydrogen) atoms. The third kappa shape index (κ3) is 6.78. The van der Waals surface area contributed by atoms with E-state index in [9.17, 15) is 14.7 Å². The number of carbonyl (C=O) groups is 2. The Morgan fingerprint density at radius 2 is 1.72 bits per heavy atom. The van der Waals surface area contributed by atoms with Crippen LogP contribution in [0, 0.1) is 0 Å². The van der Waals surface area contributed by atoms with Crippen molar-refractivity contribution in [3.05, 3.63) is 65.2 Å². The average molecular weight is 344 g/mol. The van der Waals surface area contributed by atoms with Crippen LogP contribution < -0.4 is 4.74 Å². The molecule has 0 radical (unpaired) electrons. The minimum atomic E-state index is -1.02. The molecule has 0 aliphatic rings. The summed E-state index contributed by atoms with van der Waals surface area (Å²) in [4.78, 5) is 20.6. The second-order valence-corrected chi connectivity index (χ2v) is 4.96. The van der Waals surface area contributed by atoms with Gasteiger partial charge in [-0.2, -0.15) is 0 Å². The molecule has 6 nitrogen and oxygen atoms in total. The van der Waals surface area contributed by atoms with E-state index in [-0.39, 0.29) is 5.75 Å². The van der Waals surface area contributed by atoms with Gasteiger partial charge in [0, 0.05) is 6.08 Å². The molecule has 0 aliphatic heterocycles. The van der Waals surface area contributed by atoms with E-state index in [1.807, 2.05) is 19.1 Å². The Morgan fingerprint density at radius 1 is 1.08 bits per heavy atom. The predicted molar refractivity (Wildman–Crippen MR) is 94.1 cm³/mol. The van der Waals surface area contributed by atoms with Gasteiger partial charge in [0.25, 0.3) is 0 Å². The lowest BCUT2D eigenvalue weighted by Crippen LogP contribution is -1.95. The molecule has 6 heteroatoms. The van der Waals surface area contributed by atoms with Gasteiger partial charge >= 0.3 is 11.9 Å². The van der Waals surface area contributed by atoms with E-state index in [1.165, 1.54) is 19.3 Å². The molecule has 2 rings (SSSR count). The lowest BCUT2D eigenvalue weighted by atomic mass is 10.1. The molecule has 132 valence electrons. The average Bonchev–Trinajstić information content (AvgIpc) is 2.61. The lowest BCUT2D eigenvalue weighted by Gasteiger charge is -2.03. The normalized spacial score (nSPS) is 10.0. The van der Waals surface area contributed by atoms with Crippen LogP contribution in [0.1, 0.15) is 28.4 Å². The molecule has 0 spiro atoms. The van der Waals surface area contributed by atoms with Crippen LogP contribution in [0.3, 0.4) is 0 Å². The quantitative estimate of drug-likeness (QED) is 0.718. The molecule has 2 aromatic rings. The number of methoxy groups -OCH3 is 1. The zero-order valence-corrected chi connectivity index (χ0v) is 14.0. The van der Waals surface area contributed by atoms with E-state index < -0.39 is 11.9 Å². The molecule has 0 amide bonds. The first-order chi connectivity index (χ1) is 11.9. The first-order valence-corrected chi connectivity index (χ1v) is 7.47. The van der Waals surface area contributed by atoms with Crippen molar-refractivity contribution in [3.8, 4) is 11.5 Å². The number of aromatic carboxylic acids is 1. The van der Waals surface area contributed by atoms with Crippen molar-refractivity contribution >= 4 is 18.0 Å². The first kappa shape index (κ1) is 19.8. The molecule has 0 bridgehead atoms. The van der Waals surface area contributed by atoms with Crippen LogP contribution in [-0.4, -0.2) is 34.4 Å². The first-order valence-electron chi connectivity index (χ1n) is 7.47. The van der Waals surface area contributed by atoms with Crippen LogP contribution in [0.2, 0.25) is 0 Å². The summed E-state index contributed by atoms with van der Waals surface area (Å²) in [6.07, 6.45) is 3.38. The van der Waals surface area contributed by atoms with Crippen LogP contribution in [0.15, 0.2) is 48.5 Å². The van der Waals surface area contributed by atoms with Crippen LogP contribution in [-0.2, 0) is 11.2 Å². The number of carboxylic acids is 2. The zero-order valence-electron chi connectivity index (χ0n) is 14.0. The molecule has 0 heterocycles. The Balaban J connectivity index is 0.000000257. The van der Waals surface area contributed by atoms with Gasteiger partial charge in [-0.25, -0.2) is 9.59 Å². The van der Waals surface area contributed by atoms with Gasteiger partial charge in [-0.05, 0) is 47.9 Å². The summed E-state index contributed by atoms with van der Waals surface area (Å²) < 4.78 is 4.86. The smallest absolute Gasteiger partial charge is 0.335 e. The number of aryl methyl sites for hydroxylation is 1. The molecule has 0 saturated carbocycles. The van der Waals surface area contributed by atoms with Gasteiger partial charge in [0.05, 0.1) is 12.7 Å². The van der Waals surface area contributed by atoms with Crippen molar-refractivity contribution in [2.24, 2.45) is 0 Å². The molecule has 0 saturated heterocycles. The SMILES string of the molecule is CCc1ccc(C(=O)O)cc1.COc1cc(C=CC(=O)O)ccc1O. The highest BCUT2D eigenvalue weighted by molar-refractivity contribution is 5.87. The molecule has 0 unspecified atom stereocenters. The summed E-state index contributed by atoms with van der Waals surface area (Å²) in [7, 11) is 1.43. The van der Waals surface area contributed by atoms with E-state index in [2.05, 4.69) is 0 Å². The predicted octanol–water partition coefficient (Wildman–Crippen LogP) is 3.45. The van der Waals surface area contributed by atoms with E-state index >= 15 is 0 Å². The summed E-state index contributed by atoms with van der Waals surface area (Å²) in [5, 5.41) is 26.2. The second kappa shape index (κ2) is 9.77. The van der Waals surface area contributed by atoms with Crippen molar-refractivity contribution in [3.63, 3.8) is 0 Å².